The van der Waals surface area contributed by atoms with Gasteiger partial charge < -0.3 is 19.9 Å². The second-order valence-corrected chi connectivity index (χ2v) is 7.76. The summed E-state index contributed by atoms with van der Waals surface area (Å²) in [7, 11) is -3.11. The summed E-state index contributed by atoms with van der Waals surface area (Å²) in [5, 5.41) is 12.9. The maximum absolute atomic E-state index is 11.5. The third-order valence-corrected chi connectivity index (χ3v) is 5.47. The lowest BCUT2D eigenvalue weighted by molar-refractivity contribution is 0.166. The molecule has 0 amide bonds. The van der Waals surface area contributed by atoms with Crippen molar-refractivity contribution in [2.75, 3.05) is 31.3 Å². The molecule has 1 heterocycles. The highest BCUT2D eigenvalue weighted by Gasteiger charge is 2.35. The molecule has 2 rings (SSSR count). The Balaban J connectivity index is 1.91. The van der Waals surface area contributed by atoms with Crippen LogP contribution in [0.25, 0.3) is 0 Å². The van der Waals surface area contributed by atoms with E-state index in [2.05, 4.69) is 5.32 Å². The number of benzene rings is 1. The van der Waals surface area contributed by atoms with E-state index in [1.807, 2.05) is 32.0 Å². The lowest BCUT2D eigenvalue weighted by atomic mass is 10.1. The fourth-order valence-corrected chi connectivity index (χ4v) is 4.45. The molecule has 7 heteroatoms. The van der Waals surface area contributed by atoms with Gasteiger partial charge in [-0.3, -0.25) is 0 Å². The number of nitrogens with one attached hydrogen (secondary N) is 1. The van der Waals surface area contributed by atoms with E-state index in [1.54, 1.807) is 0 Å². The fourth-order valence-electron chi connectivity index (χ4n) is 2.68. The molecule has 1 aliphatic heterocycles. The zero-order valence-corrected chi connectivity index (χ0v) is 14.4. The van der Waals surface area contributed by atoms with Gasteiger partial charge in [0.1, 0.15) is 0 Å². The van der Waals surface area contributed by atoms with Crippen LogP contribution in [0.2, 0.25) is 0 Å². The molecule has 0 spiro atoms. The minimum absolute atomic E-state index is 0.00163. The summed E-state index contributed by atoms with van der Waals surface area (Å²) in [6.07, 6.45) is -0.102. The molecule has 6 nitrogen and oxygen atoms in total. The smallest absolute Gasteiger partial charge is 0.161 e. The van der Waals surface area contributed by atoms with Crippen LogP contribution in [0.1, 0.15) is 19.4 Å². The first-order valence-electron chi connectivity index (χ1n) is 7.95. The molecule has 0 radical (unpaired) electrons. The highest BCUT2D eigenvalue weighted by molar-refractivity contribution is 7.91. The Bertz CT molecular complexity index is 617. The Morgan fingerprint density at radius 2 is 1.87 bits per heavy atom. The number of sulfone groups is 1. The molecule has 0 aliphatic carbocycles. The van der Waals surface area contributed by atoms with E-state index in [4.69, 9.17) is 9.47 Å². The molecule has 0 saturated carbocycles. The Morgan fingerprint density at radius 3 is 2.48 bits per heavy atom. The van der Waals surface area contributed by atoms with E-state index in [-0.39, 0.29) is 17.5 Å². The highest BCUT2D eigenvalue weighted by atomic mass is 32.2. The molecule has 1 aromatic carbocycles. The lowest BCUT2D eigenvalue weighted by Gasteiger charge is -2.16. The number of rotatable bonds is 8. The van der Waals surface area contributed by atoms with Crippen molar-refractivity contribution in [3.8, 4) is 11.5 Å². The second kappa shape index (κ2) is 7.99. The maximum atomic E-state index is 11.5. The number of aliphatic hydroxyl groups excluding tert-OH is 1. The van der Waals surface area contributed by atoms with Crippen LogP contribution in [0.15, 0.2) is 18.2 Å². The van der Waals surface area contributed by atoms with Crippen LogP contribution in [0.5, 0.6) is 11.5 Å². The van der Waals surface area contributed by atoms with E-state index in [9.17, 15) is 13.5 Å². The Kier molecular flexibility index (Phi) is 6.26. The van der Waals surface area contributed by atoms with Crippen LogP contribution < -0.4 is 14.8 Å². The summed E-state index contributed by atoms with van der Waals surface area (Å²) >= 11 is 0. The van der Waals surface area contributed by atoms with Crippen molar-refractivity contribution in [3.05, 3.63) is 23.8 Å². The Hall–Kier alpha value is -1.31. The van der Waals surface area contributed by atoms with E-state index in [1.165, 1.54) is 0 Å². The molecule has 1 aromatic rings. The molecular formula is C16H25NO5S. The van der Waals surface area contributed by atoms with Crippen LogP contribution in [0.3, 0.4) is 0 Å². The second-order valence-electron chi connectivity index (χ2n) is 5.60. The molecule has 1 fully saturated rings. The molecule has 0 bridgehead atoms. The number of hydrogen-bond donors (Lipinski definition) is 2. The monoisotopic (exact) mass is 343 g/mol. The summed E-state index contributed by atoms with van der Waals surface area (Å²) < 4.78 is 34.1. The van der Waals surface area contributed by atoms with Crippen molar-refractivity contribution < 1.29 is 23.0 Å². The SMILES string of the molecule is CCOc1ccc(CCN[C@H]2CS(=O)(=O)C[C@H]2O)cc1OCC. The van der Waals surface area contributed by atoms with Gasteiger partial charge in [0.2, 0.25) is 0 Å². The van der Waals surface area contributed by atoms with Gasteiger partial charge >= 0.3 is 0 Å². The van der Waals surface area contributed by atoms with Gasteiger partial charge in [-0.2, -0.15) is 0 Å². The largest absolute Gasteiger partial charge is 0.490 e. The predicted octanol–water partition coefficient (Wildman–Crippen LogP) is 0.774. The van der Waals surface area contributed by atoms with Crippen molar-refractivity contribution in [2.45, 2.75) is 32.4 Å². The topological polar surface area (TPSA) is 84.9 Å². The van der Waals surface area contributed by atoms with Gasteiger partial charge in [-0.1, -0.05) is 6.07 Å². The lowest BCUT2D eigenvalue weighted by Crippen LogP contribution is -2.39. The van der Waals surface area contributed by atoms with Crippen molar-refractivity contribution in [3.63, 3.8) is 0 Å². The van der Waals surface area contributed by atoms with Crippen LogP contribution in [-0.2, 0) is 16.3 Å². The van der Waals surface area contributed by atoms with Gasteiger partial charge in [-0.15, -0.1) is 0 Å². The predicted molar refractivity (Wildman–Crippen MR) is 88.9 cm³/mol. The summed E-state index contributed by atoms with van der Waals surface area (Å²) in [4.78, 5) is 0. The standard InChI is InChI=1S/C16H25NO5S/c1-3-21-15-6-5-12(9-16(15)22-4-2)7-8-17-13-10-23(19,20)11-14(13)18/h5-6,9,13-14,17-18H,3-4,7-8,10-11H2,1-2H3/t13-,14+/m0/s1. The molecule has 0 unspecified atom stereocenters. The third-order valence-electron chi connectivity index (χ3n) is 3.75. The fraction of sp³-hybridized carbons (Fsp3) is 0.625. The average Bonchev–Trinajstić information content (AvgIpc) is 2.74. The summed E-state index contributed by atoms with van der Waals surface area (Å²) in [5.41, 5.74) is 1.07. The molecule has 23 heavy (non-hydrogen) atoms. The zero-order valence-electron chi connectivity index (χ0n) is 13.6. The number of aliphatic hydroxyl groups is 1. The molecule has 2 N–H and O–H groups in total. The van der Waals surface area contributed by atoms with Crippen molar-refractivity contribution in [1.82, 2.24) is 5.32 Å². The Morgan fingerprint density at radius 1 is 1.17 bits per heavy atom. The van der Waals surface area contributed by atoms with Gasteiger partial charge in [-0.05, 0) is 44.5 Å². The van der Waals surface area contributed by atoms with E-state index in [0.29, 0.717) is 19.8 Å². The zero-order chi connectivity index (χ0) is 16.9. The molecule has 0 aromatic heterocycles. The molecular weight excluding hydrogens is 318 g/mol. The Labute approximate surface area is 137 Å². The number of hydrogen-bond acceptors (Lipinski definition) is 6. The van der Waals surface area contributed by atoms with E-state index in [0.717, 1.165) is 23.5 Å². The highest BCUT2D eigenvalue weighted by Crippen LogP contribution is 2.28. The first-order chi connectivity index (χ1) is 10.9. The molecule has 2 atom stereocenters. The molecule has 1 aliphatic rings. The molecule has 1 saturated heterocycles. The maximum Gasteiger partial charge on any atom is 0.161 e. The average molecular weight is 343 g/mol. The summed E-state index contributed by atoms with van der Waals surface area (Å²) in [5.74, 6) is 1.29. The van der Waals surface area contributed by atoms with Crippen molar-refractivity contribution >= 4 is 9.84 Å². The van der Waals surface area contributed by atoms with Crippen LogP contribution in [0, 0.1) is 0 Å². The normalized spacial score (nSPS) is 22.9. The summed E-state index contributed by atoms with van der Waals surface area (Å²) in [6, 6.07) is 5.42. The molecule has 130 valence electrons. The first kappa shape index (κ1) is 18.0. The van der Waals surface area contributed by atoms with Gasteiger partial charge in [-0.25, -0.2) is 8.42 Å². The van der Waals surface area contributed by atoms with Gasteiger partial charge in [0.15, 0.2) is 21.3 Å². The van der Waals surface area contributed by atoms with E-state index < -0.39 is 15.9 Å². The van der Waals surface area contributed by atoms with Gasteiger partial charge in [0.25, 0.3) is 0 Å². The van der Waals surface area contributed by atoms with Crippen LogP contribution in [-0.4, -0.2) is 56.9 Å². The minimum Gasteiger partial charge on any atom is -0.490 e. The third kappa shape index (κ3) is 5.09. The summed E-state index contributed by atoms with van der Waals surface area (Å²) in [6.45, 7) is 5.58. The quantitative estimate of drug-likeness (QED) is 0.725. The van der Waals surface area contributed by atoms with Crippen LogP contribution >= 0.6 is 0 Å². The van der Waals surface area contributed by atoms with Crippen molar-refractivity contribution in [1.29, 1.82) is 0 Å². The van der Waals surface area contributed by atoms with Gasteiger partial charge in [0.05, 0.1) is 30.8 Å². The number of ether oxygens (including phenoxy) is 2. The van der Waals surface area contributed by atoms with Crippen molar-refractivity contribution in [2.24, 2.45) is 0 Å². The van der Waals surface area contributed by atoms with E-state index >= 15 is 0 Å². The van der Waals surface area contributed by atoms with Gasteiger partial charge in [0, 0.05) is 6.04 Å². The van der Waals surface area contributed by atoms with Crippen LogP contribution in [0.4, 0.5) is 0 Å². The minimum atomic E-state index is -3.11. The first-order valence-corrected chi connectivity index (χ1v) is 9.77.